The molecule has 28 heavy (non-hydrogen) atoms. The van der Waals surface area contributed by atoms with Crippen molar-refractivity contribution >= 4 is 22.1 Å². The molecule has 1 aromatic carbocycles. The fourth-order valence-corrected chi connectivity index (χ4v) is 4.41. The van der Waals surface area contributed by atoms with Crippen LogP contribution in [0.25, 0.3) is 33.3 Å². The lowest BCUT2D eigenvalue weighted by Gasteiger charge is -2.04. The molecule has 6 nitrogen and oxygen atoms in total. The van der Waals surface area contributed by atoms with E-state index in [2.05, 4.69) is 15.2 Å². The Bertz CT molecular complexity index is 1250. The third-order valence-electron chi connectivity index (χ3n) is 4.24. The molecule has 0 aliphatic rings. The number of hydrogen-bond acceptors (Lipinski definition) is 7. The molecule has 3 heterocycles. The first-order valence-corrected chi connectivity index (χ1v) is 10.8. The highest BCUT2D eigenvalue weighted by atomic mass is 32.2. The van der Waals surface area contributed by atoms with Crippen LogP contribution in [0, 0.1) is 12.3 Å². The van der Waals surface area contributed by atoms with Crippen LogP contribution in [0.5, 0.6) is 0 Å². The summed E-state index contributed by atoms with van der Waals surface area (Å²) in [4.78, 5) is 5.86. The third-order valence-corrected chi connectivity index (χ3v) is 6.22. The molecule has 1 N–H and O–H groups in total. The number of nitrogens with one attached hydrogen (secondary N) is 1. The van der Waals surface area contributed by atoms with E-state index in [4.69, 9.17) is 9.83 Å². The Morgan fingerprint density at radius 2 is 1.82 bits per heavy atom. The van der Waals surface area contributed by atoms with Crippen LogP contribution in [0.4, 0.5) is 0 Å². The topological polar surface area (TPSA) is 92.7 Å². The third kappa shape index (κ3) is 3.44. The summed E-state index contributed by atoms with van der Waals surface area (Å²) in [5.74, 6) is 0.676. The van der Waals surface area contributed by atoms with Crippen molar-refractivity contribution in [1.82, 2.24) is 15.2 Å². The second-order valence-electron chi connectivity index (χ2n) is 6.10. The van der Waals surface area contributed by atoms with Gasteiger partial charge in [-0.1, -0.05) is 24.3 Å². The smallest absolute Gasteiger partial charge is 0.258 e. The number of aryl methyl sites for hydroxylation is 1. The largest absolute Gasteiger partial charge is 0.415 e. The zero-order chi connectivity index (χ0) is 19.7. The molecule has 4 aromatic rings. The quantitative estimate of drug-likeness (QED) is 0.550. The van der Waals surface area contributed by atoms with E-state index in [9.17, 15) is 4.21 Å². The van der Waals surface area contributed by atoms with E-state index in [1.165, 1.54) is 11.3 Å². The molecule has 4 rings (SSSR count). The molecule has 8 heteroatoms. The minimum Gasteiger partial charge on any atom is -0.415 e. The van der Waals surface area contributed by atoms with Gasteiger partial charge < -0.3 is 4.42 Å². The summed E-state index contributed by atoms with van der Waals surface area (Å²) in [6.45, 7) is 1.98. The molecule has 0 spiro atoms. The van der Waals surface area contributed by atoms with E-state index < -0.39 is 10.8 Å². The highest BCUT2D eigenvalue weighted by Gasteiger charge is 2.15. The van der Waals surface area contributed by atoms with Gasteiger partial charge in [0.2, 0.25) is 0 Å². The van der Waals surface area contributed by atoms with Gasteiger partial charge in [-0.05, 0) is 41.6 Å². The van der Waals surface area contributed by atoms with Gasteiger partial charge >= 0.3 is 0 Å². The fourth-order valence-electron chi connectivity index (χ4n) is 2.80. The molecule has 0 amide bonds. The van der Waals surface area contributed by atoms with Gasteiger partial charge in [0, 0.05) is 22.9 Å². The van der Waals surface area contributed by atoms with Crippen LogP contribution >= 0.6 is 11.3 Å². The Kier molecular flexibility index (Phi) is 4.97. The predicted molar refractivity (Wildman–Crippen MR) is 109 cm³/mol. The van der Waals surface area contributed by atoms with Crippen molar-refractivity contribution in [3.8, 4) is 33.3 Å². The molecule has 0 saturated heterocycles. The zero-order valence-electron chi connectivity index (χ0n) is 15.2. The SMILES string of the molecule is Cc1ccsc1-c1nnc(-c2ccc(-c3ccccc3S(C)=O)cnc2=N)o1. The molecule has 0 fully saturated rings. The lowest BCUT2D eigenvalue weighted by molar-refractivity contribution is 0.584. The van der Waals surface area contributed by atoms with Crippen molar-refractivity contribution in [3.05, 3.63) is 65.1 Å². The maximum Gasteiger partial charge on any atom is 0.258 e. The number of aromatic nitrogens is 3. The number of benzene rings is 1. The van der Waals surface area contributed by atoms with Gasteiger partial charge in [0.1, 0.15) is 0 Å². The Labute approximate surface area is 167 Å². The summed E-state index contributed by atoms with van der Waals surface area (Å²) in [6, 6.07) is 13.0. The Hall–Kier alpha value is -2.97. The highest BCUT2D eigenvalue weighted by Crippen LogP contribution is 2.30. The molecule has 0 bridgehead atoms. The second-order valence-corrected chi connectivity index (χ2v) is 8.37. The molecule has 1 atom stereocenters. The van der Waals surface area contributed by atoms with Crippen LogP contribution in [0.1, 0.15) is 5.56 Å². The van der Waals surface area contributed by atoms with Gasteiger partial charge in [0.25, 0.3) is 11.8 Å². The van der Waals surface area contributed by atoms with Crippen LogP contribution in [0.3, 0.4) is 0 Å². The molecule has 0 radical (unpaired) electrons. The van der Waals surface area contributed by atoms with Crippen molar-refractivity contribution in [2.45, 2.75) is 11.8 Å². The van der Waals surface area contributed by atoms with Crippen molar-refractivity contribution in [3.63, 3.8) is 0 Å². The molecule has 140 valence electrons. The standard InChI is InChI=1S/C20H16N4O2S2/c1-12-9-10-27-17(12)20-24-23-19(26-20)15-8-7-13(11-22-18(15)21)14-5-3-4-6-16(14)28(2)25/h3-11,21H,1-2H3. The minimum atomic E-state index is -1.13. The van der Waals surface area contributed by atoms with Crippen LogP contribution in [0.15, 0.2) is 63.4 Å². The lowest BCUT2D eigenvalue weighted by Crippen LogP contribution is -2.04. The molecule has 1 unspecified atom stereocenters. The number of hydrogen-bond donors (Lipinski definition) is 1. The van der Waals surface area contributed by atoms with Gasteiger partial charge in [-0.25, -0.2) is 4.98 Å². The summed E-state index contributed by atoms with van der Waals surface area (Å²) in [5, 5.41) is 18.4. The van der Waals surface area contributed by atoms with Crippen LogP contribution in [-0.2, 0) is 10.8 Å². The molecular weight excluding hydrogens is 392 g/mol. The summed E-state index contributed by atoms with van der Waals surface area (Å²) in [5.41, 5.74) is 3.11. The van der Waals surface area contributed by atoms with Crippen molar-refractivity contribution in [2.24, 2.45) is 0 Å². The van der Waals surface area contributed by atoms with E-state index in [1.54, 1.807) is 18.5 Å². The Balaban J connectivity index is 1.79. The number of rotatable bonds is 4. The predicted octanol–water partition coefficient (Wildman–Crippen LogP) is 4.05. The average Bonchev–Trinajstić information content (AvgIpc) is 3.28. The maximum absolute atomic E-state index is 12.0. The van der Waals surface area contributed by atoms with E-state index in [0.717, 1.165) is 26.5 Å². The maximum atomic E-state index is 12.0. The molecule has 0 aliphatic carbocycles. The summed E-state index contributed by atoms with van der Waals surface area (Å²) < 4.78 is 17.8. The summed E-state index contributed by atoms with van der Waals surface area (Å²) in [7, 11) is -1.13. The number of thiophene rings is 1. The van der Waals surface area contributed by atoms with Crippen LogP contribution in [0.2, 0.25) is 0 Å². The minimum absolute atomic E-state index is 0.0273. The van der Waals surface area contributed by atoms with Gasteiger partial charge in [0.05, 0.1) is 21.2 Å². The van der Waals surface area contributed by atoms with Crippen molar-refractivity contribution < 1.29 is 8.63 Å². The van der Waals surface area contributed by atoms with Crippen LogP contribution in [-0.4, -0.2) is 25.6 Å². The van der Waals surface area contributed by atoms with E-state index in [1.807, 2.05) is 48.7 Å². The van der Waals surface area contributed by atoms with E-state index >= 15 is 0 Å². The fraction of sp³-hybridized carbons (Fsp3) is 0.100. The first-order valence-electron chi connectivity index (χ1n) is 8.40. The highest BCUT2D eigenvalue weighted by molar-refractivity contribution is 7.84. The zero-order valence-corrected chi connectivity index (χ0v) is 16.8. The second kappa shape index (κ2) is 7.57. The normalized spacial score (nSPS) is 12.1. The first kappa shape index (κ1) is 18.4. The Morgan fingerprint density at radius 1 is 1.04 bits per heavy atom. The first-order chi connectivity index (χ1) is 13.5. The molecule has 3 aromatic heterocycles. The average molecular weight is 409 g/mol. The van der Waals surface area contributed by atoms with Crippen molar-refractivity contribution in [2.75, 3.05) is 6.26 Å². The summed E-state index contributed by atoms with van der Waals surface area (Å²) in [6.07, 6.45) is 3.24. The van der Waals surface area contributed by atoms with Crippen LogP contribution < -0.4 is 5.49 Å². The molecule has 0 aliphatic heterocycles. The molecular formula is C20H16N4O2S2. The lowest BCUT2D eigenvalue weighted by atomic mass is 10.1. The van der Waals surface area contributed by atoms with Gasteiger partial charge in [-0.3, -0.25) is 9.62 Å². The van der Waals surface area contributed by atoms with Gasteiger partial charge in [0.15, 0.2) is 5.49 Å². The monoisotopic (exact) mass is 408 g/mol. The van der Waals surface area contributed by atoms with Crippen molar-refractivity contribution in [1.29, 1.82) is 5.41 Å². The van der Waals surface area contributed by atoms with Gasteiger partial charge in [-0.2, -0.15) is 0 Å². The number of nitrogens with zero attached hydrogens (tertiary/aromatic N) is 3. The van der Waals surface area contributed by atoms with E-state index in [0.29, 0.717) is 11.5 Å². The van der Waals surface area contributed by atoms with Gasteiger partial charge in [-0.15, -0.1) is 21.5 Å². The summed E-state index contributed by atoms with van der Waals surface area (Å²) >= 11 is 1.53. The van der Waals surface area contributed by atoms with E-state index in [-0.39, 0.29) is 11.4 Å². The Morgan fingerprint density at radius 3 is 2.57 bits per heavy atom. The molecule has 0 saturated carbocycles.